The van der Waals surface area contributed by atoms with Crippen molar-refractivity contribution in [3.8, 4) is 0 Å². The fourth-order valence-electron chi connectivity index (χ4n) is 3.01. The number of nitrogens with one attached hydrogen (secondary N) is 1. The lowest BCUT2D eigenvalue weighted by Gasteiger charge is -2.21. The zero-order valence-electron chi connectivity index (χ0n) is 14.5. The van der Waals surface area contributed by atoms with Crippen LogP contribution in [0, 0.1) is 13.5 Å². The maximum atomic E-state index is 13.0. The number of benzene rings is 1. The average Bonchev–Trinajstić information content (AvgIpc) is 2.58. The van der Waals surface area contributed by atoms with Crippen LogP contribution >= 0.6 is 11.6 Å². The van der Waals surface area contributed by atoms with Gasteiger partial charge in [-0.3, -0.25) is 9.59 Å². The van der Waals surface area contributed by atoms with E-state index in [0.29, 0.717) is 38.3 Å². The summed E-state index contributed by atoms with van der Waals surface area (Å²) in [5.74, 6) is -0.501. The number of rotatable bonds is 3. The van der Waals surface area contributed by atoms with E-state index in [0.717, 1.165) is 0 Å². The second kappa shape index (κ2) is 6.65. The molecule has 0 aliphatic heterocycles. The number of carbonyl (C=O) groups excluding carboxylic acids is 1. The molecule has 0 atom stereocenters. The van der Waals surface area contributed by atoms with E-state index in [4.69, 9.17) is 18.2 Å². The minimum absolute atomic E-state index is 0.159. The van der Waals surface area contributed by atoms with Gasteiger partial charge in [-0.25, -0.2) is 4.98 Å². The van der Waals surface area contributed by atoms with Gasteiger partial charge in [-0.05, 0) is 31.2 Å². The molecule has 3 aromatic rings. The quantitative estimate of drug-likeness (QED) is 0.437. The molecular weight excluding hydrogens is 354 g/mol. The number of amides is 1. The van der Waals surface area contributed by atoms with E-state index < -0.39 is 5.91 Å². The SMILES string of the molecule is [C-]#[N+]NC(=O)Cn1c2nc(C)ccc2c(=O)c2ccc(Cl)c(N(C)C)c21. The molecule has 0 saturated carbocycles. The van der Waals surface area contributed by atoms with E-state index in [1.165, 1.54) is 0 Å². The van der Waals surface area contributed by atoms with Crippen LogP contribution in [0.2, 0.25) is 5.02 Å². The molecule has 0 unspecified atom stereocenters. The normalized spacial score (nSPS) is 10.7. The summed E-state index contributed by atoms with van der Waals surface area (Å²) in [5.41, 5.74) is 4.14. The number of fused-ring (bicyclic) bond motifs is 2. The number of pyridine rings is 2. The smallest absolute Gasteiger partial charge is 0.307 e. The van der Waals surface area contributed by atoms with Gasteiger partial charge in [0.1, 0.15) is 12.2 Å². The molecule has 132 valence electrons. The van der Waals surface area contributed by atoms with Crippen LogP contribution in [0.15, 0.2) is 29.1 Å². The van der Waals surface area contributed by atoms with Crippen LogP contribution in [0.4, 0.5) is 5.69 Å². The van der Waals surface area contributed by atoms with Crippen LogP contribution in [0.5, 0.6) is 0 Å². The average molecular weight is 370 g/mol. The van der Waals surface area contributed by atoms with Crippen molar-refractivity contribution in [2.75, 3.05) is 19.0 Å². The molecule has 7 nitrogen and oxygen atoms in total. The summed E-state index contributed by atoms with van der Waals surface area (Å²) in [6.45, 7) is 8.48. The van der Waals surface area contributed by atoms with E-state index in [9.17, 15) is 9.59 Å². The number of aromatic nitrogens is 2. The van der Waals surface area contributed by atoms with Gasteiger partial charge in [0.05, 0.1) is 21.6 Å². The molecule has 2 heterocycles. The molecule has 0 aliphatic carbocycles. The molecule has 2 aromatic heterocycles. The van der Waals surface area contributed by atoms with Crippen molar-refractivity contribution in [3.05, 3.63) is 56.7 Å². The van der Waals surface area contributed by atoms with Crippen LogP contribution < -0.4 is 15.8 Å². The van der Waals surface area contributed by atoms with Gasteiger partial charge in [0.15, 0.2) is 5.43 Å². The predicted molar refractivity (Wildman–Crippen MR) is 102 cm³/mol. The number of halogens is 1. The Morgan fingerprint density at radius 1 is 1.31 bits per heavy atom. The van der Waals surface area contributed by atoms with Crippen LogP contribution in [0.25, 0.3) is 26.9 Å². The molecule has 3 rings (SSSR count). The summed E-state index contributed by atoms with van der Waals surface area (Å²) < 4.78 is 1.64. The molecule has 8 heteroatoms. The number of carbonyl (C=O) groups is 1. The summed E-state index contributed by atoms with van der Waals surface area (Å²) in [7, 11) is 3.62. The van der Waals surface area contributed by atoms with Gasteiger partial charge in [0.2, 0.25) is 0 Å². The number of hydrogen-bond acceptors (Lipinski definition) is 4. The van der Waals surface area contributed by atoms with Gasteiger partial charge in [-0.15, -0.1) is 0 Å². The van der Waals surface area contributed by atoms with Gasteiger partial charge in [0.25, 0.3) is 0 Å². The fourth-order valence-corrected chi connectivity index (χ4v) is 3.33. The van der Waals surface area contributed by atoms with E-state index in [2.05, 4.69) is 15.4 Å². The Morgan fingerprint density at radius 2 is 2.00 bits per heavy atom. The molecule has 0 radical (unpaired) electrons. The molecule has 26 heavy (non-hydrogen) atoms. The Labute approximate surface area is 154 Å². The van der Waals surface area contributed by atoms with Crippen molar-refractivity contribution in [1.82, 2.24) is 15.0 Å². The third-order valence-electron chi connectivity index (χ3n) is 4.06. The number of hydrogen-bond donors (Lipinski definition) is 1. The summed E-state index contributed by atoms with van der Waals surface area (Å²) in [6.07, 6.45) is 0. The number of aryl methyl sites for hydroxylation is 1. The minimum Gasteiger partial charge on any atom is -0.375 e. The van der Waals surface area contributed by atoms with Gasteiger partial charge in [-0.2, -0.15) is 11.5 Å². The largest absolute Gasteiger partial charge is 0.375 e. The van der Waals surface area contributed by atoms with Gasteiger partial charge < -0.3 is 9.47 Å². The summed E-state index contributed by atoms with van der Waals surface area (Å²) in [6, 6.07) is 6.77. The van der Waals surface area contributed by atoms with E-state index >= 15 is 0 Å². The lowest BCUT2D eigenvalue weighted by Crippen LogP contribution is -2.25. The fraction of sp³-hybridized carbons (Fsp3) is 0.222. The summed E-state index contributed by atoms with van der Waals surface area (Å²) in [5, 5.41) is 1.30. The topological polar surface area (TPSA) is 71.6 Å². The lowest BCUT2D eigenvalue weighted by atomic mass is 10.1. The van der Waals surface area contributed by atoms with Crippen molar-refractivity contribution < 1.29 is 4.79 Å². The highest BCUT2D eigenvalue weighted by molar-refractivity contribution is 6.35. The maximum Gasteiger partial charge on any atom is 0.307 e. The van der Waals surface area contributed by atoms with E-state index in [1.807, 2.05) is 21.0 Å². The predicted octanol–water partition coefficient (Wildman–Crippen LogP) is 2.53. The Balaban J connectivity index is 2.55. The highest BCUT2D eigenvalue weighted by Gasteiger charge is 2.20. The molecular formula is C18H16ClN5O2. The number of anilines is 1. The summed E-state index contributed by atoms with van der Waals surface area (Å²) >= 11 is 6.38. The highest BCUT2D eigenvalue weighted by Crippen LogP contribution is 2.33. The molecule has 1 N–H and O–H groups in total. The minimum atomic E-state index is -0.501. The third kappa shape index (κ3) is 2.85. The Bertz CT molecular complexity index is 1140. The monoisotopic (exact) mass is 369 g/mol. The zero-order chi connectivity index (χ0) is 19.0. The maximum absolute atomic E-state index is 13.0. The van der Waals surface area contributed by atoms with Gasteiger partial charge in [0, 0.05) is 25.2 Å². The van der Waals surface area contributed by atoms with Gasteiger partial charge >= 0.3 is 5.91 Å². The van der Waals surface area contributed by atoms with Crippen LogP contribution in [0.1, 0.15) is 5.69 Å². The molecule has 0 aliphatic rings. The van der Waals surface area contributed by atoms with Crippen molar-refractivity contribution in [1.29, 1.82) is 0 Å². The standard InChI is InChI=1S/C18H16ClN5O2/c1-10-5-6-12-17(26)11-7-8-13(19)16(23(3)4)15(11)24(18(12)21-10)9-14(25)22-20-2/h5-8H,9H2,1,3-4H3,(H,22,25). The zero-order valence-corrected chi connectivity index (χ0v) is 15.3. The van der Waals surface area contributed by atoms with Crippen molar-refractivity contribution in [2.45, 2.75) is 13.5 Å². The van der Waals surface area contributed by atoms with Crippen LogP contribution in [-0.2, 0) is 11.3 Å². The van der Waals surface area contributed by atoms with Crippen molar-refractivity contribution in [2.24, 2.45) is 0 Å². The van der Waals surface area contributed by atoms with E-state index in [1.54, 1.807) is 33.7 Å². The molecule has 1 amide bonds. The van der Waals surface area contributed by atoms with Gasteiger partial charge in [-0.1, -0.05) is 17.0 Å². The molecule has 0 bridgehead atoms. The lowest BCUT2D eigenvalue weighted by molar-refractivity contribution is -0.120. The molecule has 0 fully saturated rings. The Morgan fingerprint density at radius 3 is 2.65 bits per heavy atom. The van der Waals surface area contributed by atoms with Crippen LogP contribution in [-0.4, -0.2) is 29.6 Å². The second-order valence-electron chi connectivity index (χ2n) is 6.07. The first-order valence-corrected chi connectivity index (χ1v) is 8.18. The molecule has 0 saturated heterocycles. The second-order valence-corrected chi connectivity index (χ2v) is 6.48. The van der Waals surface area contributed by atoms with Crippen molar-refractivity contribution >= 4 is 45.1 Å². The Kier molecular flexibility index (Phi) is 4.53. The first kappa shape index (κ1) is 17.7. The summed E-state index contributed by atoms with van der Waals surface area (Å²) in [4.78, 5) is 34.3. The molecule has 0 spiro atoms. The first-order valence-electron chi connectivity index (χ1n) is 7.80. The highest BCUT2D eigenvalue weighted by atomic mass is 35.5. The van der Waals surface area contributed by atoms with Crippen LogP contribution in [0.3, 0.4) is 0 Å². The number of nitrogens with zero attached hydrogens (tertiary/aromatic N) is 4. The third-order valence-corrected chi connectivity index (χ3v) is 4.37. The van der Waals surface area contributed by atoms with Crippen molar-refractivity contribution in [3.63, 3.8) is 0 Å². The molecule has 1 aromatic carbocycles. The first-order chi connectivity index (χ1) is 12.3. The Hall–Kier alpha value is -3.11. The van der Waals surface area contributed by atoms with E-state index in [-0.39, 0.29) is 12.0 Å².